The van der Waals surface area contributed by atoms with E-state index in [0.717, 1.165) is 0 Å². The monoisotopic (exact) mass is 194 g/mol. The topological polar surface area (TPSA) is 69.7 Å². The third kappa shape index (κ3) is 7.23. The quantitative estimate of drug-likeness (QED) is 0.280. The highest BCUT2D eigenvalue weighted by Gasteiger charge is 1.95. The lowest BCUT2D eigenvalue weighted by molar-refractivity contribution is -0.138. The molecule has 0 saturated carbocycles. The van der Waals surface area contributed by atoms with Crippen LogP contribution in [0.15, 0.2) is 12.2 Å². The fraction of sp³-hybridized carbons (Fsp3) is 0.500. The number of hydrogen-bond acceptors (Lipinski definition) is 5. The molecule has 5 nitrogen and oxygen atoms in total. The second-order valence-electron chi connectivity index (χ2n) is 1.72. The second-order valence-corrected chi connectivity index (χ2v) is 2.43. The molecule has 0 unspecified atom stereocenters. The van der Waals surface area contributed by atoms with Gasteiger partial charge in [0.2, 0.25) is 0 Å². The minimum atomic E-state index is -2.85. The lowest BCUT2D eigenvalue weighted by atomic mass is 10.5. The fourth-order valence-corrected chi connectivity index (χ4v) is 0.662. The molecule has 0 atom stereocenters. The van der Waals surface area contributed by atoms with Gasteiger partial charge in [0.05, 0.1) is 0 Å². The van der Waals surface area contributed by atoms with Gasteiger partial charge in [0.25, 0.3) is 11.0 Å². The lowest BCUT2D eigenvalue weighted by Crippen LogP contribution is -2.07. The number of allylic oxidation sites excluding steroid dienone is 1. The van der Waals surface area contributed by atoms with Crippen LogP contribution >= 0.6 is 0 Å². The first-order valence-corrected chi connectivity index (χ1v) is 4.33. The van der Waals surface area contributed by atoms with Crippen molar-refractivity contribution < 1.29 is 22.1 Å². The van der Waals surface area contributed by atoms with E-state index in [0.29, 0.717) is 0 Å². The van der Waals surface area contributed by atoms with Crippen molar-refractivity contribution >= 4 is 17.0 Å². The Morgan fingerprint density at radius 2 is 2.08 bits per heavy atom. The summed E-state index contributed by atoms with van der Waals surface area (Å²) in [6, 6.07) is 0. The molecule has 0 rings (SSSR count). The van der Waals surface area contributed by atoms with Crippen molar-refractivity contribution in [1.29, 1.82) is 0 Å². The van der Waals surface area contributed by atoms with E-state index < -0.39 is 17.0 Å². The van der Waals surface area contributed by atoms with Crippen molar-refractivity contribution in [2.45, 2.75) is 6.92 Å². The molecule has 0 saturated heterocycles. The van der Waals surface area contributed by atoms with Crippen LogP contribution in [-0.2, 0) is 24.7 Å². The standard InChI is InChI=1S/C6H10O5S/c1-2-3-6(7)10-4-5-11-12(8)9/h2-3,12H,4-5H2,1H3/b3-2+. The summed E-state index contributed by atoms with van der Waals surface area (Å²) in [5.74, 6) is -0.512. The molecule has 0 aliphatic rings. The van der Waals surface area contributed by atoms with Crippen molar-refractivity contribution in [1.82, 2.24) is 0 Å². The van der Waals surface area contributed by atoms with Gasteiger partial charge >= 0.3 is 5.97 Å². The van der Waals surface area contributed by atoms with Gasteiger partial charge in [-0.25, -0.2) is 13.2 Å². The fourth-order valence-electron chi connectivity index (χ4n) is 0.438. The number of esters is 1. The zero-order valence-corrected chi connectivity index (χ0v) is 7.45. The van der Waals surface area contributed by atoms with Crippen LogP contribution < -0.4 is 0 Å². The van der Waals surface area contributed by atoms with Gasteiger partial charge in [0.1, 0.15) is 13.2 Å². The highest BCUT2D eigenvalue weighted by atomic mass is 32.2. The molecule has 6 heteroatoms. The number of ether oxygens (including phenoxy) is 1. The normalized spacial score (nSPS) is 10.8. The molecule has 70 valence electrons. The number of hydrogen-bond donors (Lipinski definition) is 1. The highest BCUT2D eigenvalue weighted by Crippen LogP contribution is 1.82. The number of thiol groups is 1. The molecular weight excluding hydrogens is 184 g/mol. The molecule has 0 aliphatic heterocycles. The van der Waals surface area contributed by atoms with Crippen molar-refractivity contribution in [3.8, 4) is 0 Å². The summed E-state index contributed by atoms with van der Waals surface area (Å²) in [7, 11) is -2.85. The van der Waals surface area contributed by atoms with Crippen molar-refractivity contribution in [3.63, 3.8) is 0 Å². The van der Waals surface area contributed by atoms with E-state index in [4.69, 9.17) is 0 Å². The van der Waals surface area contributed by atoms with Gasteiger partial charge in [-0.3, -0.25) is 4.18 Å². The summed E-state index contributed by atoms with van der Waals surface area (Å²) in [4.78, 5) is 10.6. The first-order chi connectivity index (χ1) is 5.66. The zero-order valence-electron chi connectivity index (χ0n) is 6.56. The Labute approximate surface area is 72.1 Å². The average Bonchev–Trinajstić information content (AvgIpc) is 1.98. The van der Waals surface area contributed by atoms with Crippen molar-refractivity contribution in [3.05, 3.63) is 12.2 Å². The molecule has 0 N–H and O–H groups in total. The van der Waals surface area contributed by atoms with E-state index in [1.54, 1.807) is 6.92 Å². The predicted molar refractivity (Wildman–Crippen MR) is 42.0 cm³/mol. The molecule has 0 aromatic rings. The predicted octanol–water partition coefficient (Wildman–Crippen LogP) is -0.351. The Hall–Kier alpha value is -0.880. The Balaban J connectivity index is 3.37. The lowest BCUT2D eigenvalue weighted by Gasteiger charge is -1.98. The zero-order chi connectivity index (χ0) is 9.40. The van der Waals surface area contributed by atoms with E-state index >= 15 is 0 Å². The Morgan fingerprint density at radius 3 is 2.58 bits per heavy atom. The van der Waals surface area contributed by atoms with Crippen LogP contribution in [0.3, 0.4) is 0 Å². The second kappa shape index (κ2) is 6.81. The molecular formula is C6H10O5S. The van der Waals surface area contributed by atoms with Crippen LogP contribution in [0.5, 0.6) is 0 Å². The van der Waals surface area contributed by atoms with Crippen LogP contribution in [-0.4, -0.2) is 27.6 Å². The summed E-state index contributed by atoms with van der Waals surface area (Å²) in [6.07, 6.45) is 2.76. The van der Waals surface area contributed by atoms with E-state index in [1.807, 2.05) is 0 Å². The SMILES string of the molecule is C/C=C/C(=O)OCCO[SH](=O)=O. The average molecular weight is 194 g/mol. The van der Waals surface area contributed by atoms with Gasteiger partial charge < -0.3 is 4.74 Å². The van der Waals surface area contributed by atoms with E-state index in [1.165, 1.54) is 12.2 Å². The largest absolute Gasteiger partial charge is 0.460 e. The molecule has 0 aliphatic carbocycles. The van der Waals surface area contributed by atoms with E-state index in [9.17, 15) is 13.2 Å². The van der Waals surface area contributed by atoms with Gasteiger partial charge in [0, 0.05) is 6.08 Å². The molecule has 0 aromatic heterocycles. The Kier molecular flexibility index (Phi) is 6.31. The molecule has 0 radical (unpaired) electrons. The summed E-state index contributed by atoms with van der Waals surface area (Å²) in [5, 5.41) is 0. The van der Waals surface area contributed by atoms with Gasteiger partial charge in [-0.15, -0.1) is 0 Å². The van der Waals surface area contributed by atoms with Crippen molar-refractivity contribution in [2.24, 2.45) is 0 Å². The highest BCUT2D eigenvalue weighted by molar-refractivity contribution is 7.67. The maximum Gasteiger partial charge on any atom is 0.330 e. The maximum absolute atomic E-state index is 10.6. The molecule has 0 aromatic carbocycles. The molecule has 0 heterocycles. The summed E-state index contributed by atoms with van der Waals surface area (Å²) in [6.45, 7) is 1.47. The van der Waals surface area contributed by atoms with Gasteiger partial charge in [-0.2, -0.15) is 0 Å². The smallest absolute Gasteiger partial charge is 0.330 e. The first-order valence-electron chi connectivity index (χ1n) is 3.23. The molecule has 0 amide bonds. The summed E-state index contributed by atoms with van der Waals surface area (Å²) < 4.78 is 28.3. The van der Waals surface area contributed by atoms with Crippen LogP contribution in [0.2, 0.25) is 0 Å². The minimum Gasteiger partial charge on any atom is -0.460 e. The third-order valence-corrected chi connectivity index (χ3v) is 1.22. The van der Waals surface area contributed by atoms with Crippen LogP contribution in [0.25, 0.3) is 0 Å². The molecule has 12 heavy (non-hydrogen) atoms. The summed E-state index contributed by atoms with van der Waals surface area (Å²) in [5.41, 5.74) is 0. The maximum atomic E-state index is 10.6. The third-order valence-electron chi connectivity index (χ3n) is 0.827. The number of carbonyl (C=O) groups is 1. The number of rotatable bonds is 5. The molecule has 0 fully saturated rings. The van der Waals surface area contributed by atoms with E-state index in [-0.39, 0.29) is 13.2 Å². The summed E-state index contributed by atoms with van der Waals surface area (Å²) >= 11 is 0. The Morgan fingerprint density at radius 1 is 1.42 bits per heavy atom. The van der Waals surface area contributed by atoms with Gasteiger partial charge in [-0.05, 0) is 6.92 Å². The molecule has 0 bridgehead atoms. The van der Waals surface area contributed by atoms with Crippen LogP contribution in [0.1, 0.15) is 6.92 Å². The number of carbonyl (C=O) groups excluding carboxylic acids is 1. The van der Waals surface area contributed by atoms with Crippen LogP contribution in [0.4, 0.5) is 0 Å². The Bertz CT molecular complexity index is 222. The van der Waals surface area contributed by atoms with Crippen LogP contribution in [0, 0.1) is 0 Å². The first kappa shape index (κ1) is 11.1. The minimum absolute atomic E-state index is 0.0630. The van der Waals surface area contributed by atoms with Crippen molar-refractivity contribution in [2.75, 3.05) is 13.2 Å². The van der Waals surface area contributed by atoms with Gasteiger partial charge in [0.15, 0.2) is 0 Å². The molecule has 0 spiro atoms. The van der Waals surface area contributed by atoms with E-state index in [2.05, 4.69) is 8.92 Å². The van der Waals surface area contributed by atoms with Gasteiger partial charge in [-0.1, -0.05) is 6.08 Å².